The highest BCUT2D eigenvalue weighted by atomic mass is 19.1. The summed E-state index contributed by atoms with van der Waals surface area (Å²) in [5.74, 6) is -1.04. The molecule has 0 saturated carbocycles. The van der Waals surface area contributed by atoms with Crippen LogP contribution in [0.25, 0.3) is 33.5 Å². The number of nitrogens with one attached hydrogen (secondary N) is 2. The molecule has 4 rings (SSSR count). The lowest BCUT2D eigenvalue weighted by Crippen LogP contribution is -2.18. The third kappa shape index (κ3) is 3.16. The number of H-pyrrole nitrogens is 1. The van der Waals surface area contributed by atoms with Crippen LogP contribution < -0.4 is 5.48 Å². The second-order valence-electron chi connectivity index (χ2n) is 5.96. The Morgan fingerprint density at radius 2 is 1.70 bits per heavy atom. The van der Waals surface area contributed by atoms with Gasteiger partial charge in [0.1, 0.15) is 17.5 Å². The number of amides is 1. The summed E-state index contributed by atoms with van der Waals surface area (Å²) in [6.07, 6.45) is 0. The van der Waals surface area contributed by atoms with Crippen molar-refractivity contribution < 1.29 is 18.8 Å². The first kappa shape index (κ1) is 16.9. The van der Waals surface area contributed by atoms with E-state index in [1.54, 1.807) is 29.7 Å². The maximum Gasteiger partial charge on any atom is 0.274 e. The molecule has 0 aliphatic carbocycles. The van der Waals surface area contributed by atoms with Crippen LogP contribution in [0.5, 0.6) is 0 Å². The van der Waals surface area contributed by atoms with Crippen LogP contribution in [0.3, 0.4) is 0 Å². The van der Waals surface area contributed by atoms with Gasteiger partial charge in [0.25, 0.3) is 5.91 Å². The topological polar surface area (TPSA) is 78.0 Å². The molecule has 0 atom stereocenters. The number of imidazole rings is 1. The van der Waals surface area contributed by atoms with Gasteiger partial charge in [-0.1, -0.05) is 24.3 Å². The molecule has 1 heterocycles. The predicted molar refractivity (Wildman–Crippen MR) is 96.1 cm³/mol. The predicted octanol–water partition coefficient (Wildman–Crippen LogP) is 4.29. The van der Waals surface area contributed by atoms with Crippen molar-refractivity contribution in [2.45, 2.75) is 0 Å². The van der Waals surface area contributed by atoms with Crippen molar-refractivity contribution in [1.82, 2.24) is 15.4 Å². The summed E-state index contributed by atoms with van der Waals surface area (Å²) in [5.41, 5.74) is 4.47. The van der Waals surface area contributed by atoms with Gasteiger partial charge in [0.05, 0.1) is 11.0 Å². The highest BCUT2D eigenvalue weighted by Crippen LogP contribution is 2.28. The summed E-state index contributed by atoms with van der Waals surface area (Å²) in [5, 5.41) is 8.72. The summed E-state index contributed by atoms with van der Waals surface area (Å²) in [4.78, 5) is 18.9. The number of hydrogen-bond acceptors (Lipinski definition) is 3. The van der Waals surface area contributed by atoms with Gasteiger partial charge in [0.15, 0.2) is 0 Å². The quantitative estimate of drug-likeness (QED) is 0.374. The molecule has 3 aromatic carbocycles. The number of halogens is 2. The summed E-state index contributed by atoms with van der Waals surface area (Å²) < 4.78 is 27.6. The Morgan fingerprint density at radius 1 is 0.963 bits per heavy atom. The van der Waals surface area contributed by atoms with Crippen LogP contribution in [-0.4, -0.2) is 21.1 Å². The zero-order chi connectivity index (χ0) is 19.0. The molecule has 134 valence electrons. The smallest absolute Gasteiger partial charge is 0.274 e. The molecule has 0 bridgehead atoms. The zero-order valence-corrected chi connectivity index (χ0v) is 13.8. The first-order valence-electron chi connectivity index (χ1n) is 8.05. The number of nitrogens with zero attached hydrogens (tertiary/aromatic N) is 1. The Morgan fingerprint density at radius 3 is 2.41 bits per heavy atom. The van der Waals surface area contributed by atoms with E-state index in [1.165, 1.54) is 36.4 Å². The average Bonchev–Trinajstić information content (AvgIpc) is 3.11. The van der Waals surface area contributed by atoms with Gasteiger partial charge in [0.2, 0.25) is 0 Å². The number of aromatic amines is 1. The highest BCUT2D eigenvalue weighted by Gasteiger charge is 2.12. The Kier molecular flexibility index (Phi) is 4.13. The molecule has 5 nitrogen and oxygen atoms in total. The molecule has 0 unspecified atom stereocenters. The lowest BCUT2D eigenvalue weighted by atomic mass is 10.0. The number of rotatable bonds is 3. The van der Waals surface area contributed by atoms with E-state index in [0.29, 0.717) is 33.5 Å². The Bertz CT molecular complexity index is 1150. The molecule has 7 heteroatoms. The fourth-order valence-electron chi connectivity index (χ4n) is 2.88. The summed E-state index contributed by atoms with van der Waals surface area (Å²) >= 11 is 0. The number of hydroxylamine groups is 1. The van der Waals surface area contributed by atoms with Gasteiger partial charge in [-0.05, 0) is 42.0 Å². The standard InChI is InChI=1S/C20H13F2N3O2/c21-14-5-1-11(2-6-14)15-7-3-12(9-16(15)22)19-23-17-8-4-13(20(26)25-27)10-18(17)24-19/h1-10,27H,(H,23,24)(H,25,26). The Hall–Kier alpha value is -3.58. The maximum atomic E-state index is 14.6. The van der Waals surface area contributed by atoms with Crippen molar-refractivity contribution >= 4 is 16.9 Å². The minimum Gasteiger partial charge on any atom is -0.338 e. The normalized spacial score (nSPS) is 10.9. The minimum absolute atomic E-state index is 0.262. The van der Waals surface area contributed by atoms with Crippen LogP contribution in [-0.2, 0) is 0 Å². The molecular formula is C20H13F2N3O2. The van der Waals surface area contributed by atoms with Gasteiger partial charge in [-0.3, -0.25) is 10.0 Å². The molecule has 0 fully saturated rings. The first-order chi connectivity index (χ1) is 13.0. The third-order valence-corrected chi connectivity index (χ3v) is 4.24. The second kappa shape index (κ2) is 6.62. The van der Waals surface area contributed by atoms with Crippen LogP contribution in [0.2, 0.25) is 0 Å². The second-order valence-corrected chi connectivity index (χ2v) is 5.96. The lowest BCUT2D eigenvalue weighted by molar-refractivity contribution is 0.0706. The van der Waals surface area contributed by atoms with Crippen LogP contribution in [0, 0.1) is 11.6 Å². The van der Waals surface area contributed by atoms with Gasteiger partial charge in [-0.25, -0.2) is 19.2 Å². The van der Waals surface area contributed by atoms with Crippen LogP contribution in [0.1, 0.15) is 10.4 Å². The molecule has 0 saturated heterocycles. The van der Waals surface area contributed by atoms with Crippen molar-refractivity contribution in [1.29, 1.82) is 0 Å². The van der Waals surface area contributed by atoms with Crippen molar-refractivity contribution in [3.63, 3.8) is 0 Å². The summed E-state index contributed by atoms with van der Waals surface area (Å²) in [7, 11) is 0. The molecule has 0 aliphatic rings. The van der Waals surface area contributed by atoms with Crippen molar-refractivity contribution in [2.24, 2.45) is 0 Å². The fourth-order valence-corrected chi connectivity index (χ4v) is 2.88. The number of hydrogen-bond donors (Lipinski definition) is 3. The van der Waals surface area contributed by atoms with Crippen molar-refractivity contribution in [3.05, 3.63) is 77.9 Å². The van der Waals surface area contributed by atoms with Crippen molar-refractivity contribution in [3.8, 4) is 22.5 Å². The van der Waals surface area contributed by atoms with E-state index in [-0.39, 0.29) is 11.4 Å². The first-order valence-corrected chi connectivity index (χ1v) is 8.05. The van der Waals surface area contributed by atoms with E-state index in [9.17, 15) is 13.6 Å². The van der Waals surface area contributed by atoms with Crippen molar-refractivity contribution in [2.75, 3.05) is 0 Å². The molecule has 1 amide bonds. The number of benzene rings is 3. The van der Waals surface area contributed by atoms with Crippen LogP contribution >= 0.6 is 0 Å². The maximum absolute atomic E-state index is 14.6. The number of aromatic nitrogens is 2. The van der Waals surface area contributed by atoms with E-state index in [4.69, 9.17) is 5.21 Å². The Balaban J connectivity index is 1.72. The zero-order valence-electron chi connectivity index (χ0n) is 13.8. The lowest BCUT2D eigenvalue weighted by Gasteiger charge is -2.05. The van der Waals surface area contributed by atoms with Crippen LogP contribution in [0.15, 0.2) is 60.7 Å². The monoisotopic (exact) mass is 365 g/mol. The molecule has 0 spiro atoms. The highest BCUT2D eigenvalue weighted by molar-refractivity contribution is 5.97. The fraction of sp³-hybridized carbons (Fsp3) is 0. The SMILES string of the molecule is O=C(NO)c1ccc2nc(-c3ccc(-c4ccc(F)cc4)c(F)c3)[nH]c2c1. The van der Waals surface area contributed by atoms with E-state index >= 15 is 0 Å². The van der Waals surface area contributed by atoms with Gasteiger partial charge in [-0.15, -0.1) is 0 Å². The van der Waals surface area contributed by atoms with Gasteiger partial charge in [0, 0.05) is 16.7 Å². The molecule has 27 heavy (non-hydrogen) atoms. The molecular weight excluding hydrogens is 352 g/mol. The molecule has 0 aliphatic heterocycles. The molecule has 3 N–H and O–H groups in total. The minimum atomic E-state index is -0.636. The van der Waals surface area contributed by atoms with Gasteiger partial charge >= 0.3 is 0 Å². The van der Waals surface area contributed by atoms with E-state index in [2.05, 4.69) is 9.97 Å². The van der Waals surface area contributed by atoms with Crippen LogP contribution in [0.4, 0.5) is 8.78 Å². The molecule has 4 aromatic rings. The summed E-state index contributed by atoms with van der Waals surface area (Å²) in [6, 6.07) is 14.9. The number of fused-ring (bicyclic) bond motifs is 1. The van der Waals surface area contributed by atoms with Gasteiger partial charge < -0.3 is 4.98 Å². The third-order valence-electron chi connectivity index (χ3n) is 4.24. The average molecular weight is 365 g/mol. The van der Waals surface area contributed by atoms with E-state index in [0.717, 1.165) is 0 Å². The molecule has 0 radical (unpaired) electrons. The van der Waals surface area contributed by atoms with E-state index < -0.39 is 11.7 Å². The van der Waals surface area contributed by atoms with Gasteiger partial charge in [-0.2, -0.15) is 0 Å². The largest absolute Gasteiger partial charge is 0.338 e. The molecule has 1 aromatic heterocycles. The summed E-state index contributed by atoms with van der Waals surface area (Å²) in [6.45, 7) is 0. The van der Waals surface area contributed by atoms with E-state index in [1.807, 2.05) is 0 Å². The number of carbonyl (C=O) groups excluding carboxylic acids is 1. The number of carbonyl (C=O) groups is 1. The Labute approximate surface area is 152 Å².